The Morgan fingerprint density at radius 1 is 1.18 bits per heavy atom. The molecule has 3 atom stereocenters. The van der Waals surface area contributed by atoms with Crippen molar-refractivity contribution < 1.29 is 9.47 Å². The molecule has 102 valence electrons. The summed E-state index contributed by atoms with van der Waals surface area (Å²) in [7, 11) is 0. The number of hydrogen-bond donors (Lipinski definition) is 1. The fourth-order valence-electron chi connectivity index (χ4n) is 2.34. The van der Waals surface area contributed by atoms with Gasteiger partial charge in [-0.3, -0.25) is 0 Å². The molecule has 3 unspecified atom stereocenters. The third-order valence-electron chi connectivity index (χ3n) is 3.48. The highest BCUT2D eigenvalue weighted by atomic mass is 16.5. The molecule has 0 radical (unpaired) electrons. The van der Waals surface area contributed by atoms with E-state index in [1.807, 2.05) is 0 Å². The van der Waals surface area contributed by atoms with E-state index in [4.69, 9.17) is 15.2 Å². The monoisotopic (exact) mass is 243 g/mol. The van der Waals surface area contributed by atoms with Crippen molar-refractivity contribution in [3.8, 4) is 0 Å². The Kier molecular flexibility index (Phi) is 5.90. The second kappa shape index (κ2) is 6.72. The first-order chi connectivity index (χ1) is 7.92. The summed E-state index contributed by atoms with van der Waals surface area (Å²) in [5.74, 6) is 0.795. The molecule has 0 aromatic heterocycles. The van der Waals surface area contributed by atoms with Crippen molar-refractivity contribution in [3.05, 3.63) is 0 Å². The Morgan fingerprint density at radius 3 is 2.47 bits per heavy atom. The van der Waals surface area contributed by atoms with E-state index in [1.54, 1.807) is 0 Å². The molecule has 0 bridgehead atoms. The normalized spacial score (nSPS) is 30.5. The second-order valence-corrected chi connectivity index (χ2v) is 6.12. The van der Waals surface area contributed by atoms with Crippen LogP contribution in [-0.4, -0.2) is 31.0 Å². The molecule has 1 saturated carbocycles. The van der Waals surface area contributed by atoms with E-state index < -0.39 is 0 Å². The van der Waals surface area contributed by atoms with E-state index in [9.17, 15) is 0 Å². The van der Waals surface area contributed by atoms with Gasteiger partial charge in [0.1, 0.15) is 0 Å². The van der Waals surface area contributed by atoms with Crippen LogP contribution in [0.4, 0.5) is 0 Å². The van der Waals surface area contributed by atoms with Gasteiger partial charge in [0.2, 0.25) is 0 Å². The van der Waals surface area contributed by atoms with Crippen LogP contribution in [-0.2, 0) is 9.47 Å². The lowest BCUT2D eigenvalue weighted by Gasteiger charge is -2.33. The molecule has 17 heavy (non-hydrogen) atoms. The van der Waals surface area contributed by atoms with E-state index in [1.165, 1.54) is 12.8 Å². The molecule has 0 spiro atoms. The molecule has 1 aliphatic rings. The van der Waals surface area contributed by atoms with Crippen molar-refractivity contribution in [2.24, 2.45) is 11.7 Å². The van der Waals surface area contributed by atoms with Crippen LogP contribution in [0.15, 0.2) is 0 Å². The summed E-state index contributed by atoms with van der Waals surface area (Å²) in [5.41, 5.74) is 6.02. The van der Waals surface area contributed by atoms with Gasteiger partial charge in [-0.05, 0) is 46.0 Å². The number of ether oxygens (including phenoxy) is 2. The molecule has 0 aliphatic heterocycles. The third-order valence-corrected chi connectivity index (χ3v) is 3.48. The van der Waals surface area contributed by atoms with Crippen LogP contribution < -0.4 is 5.73 Å². The highest BCUT2D eigenvalue weighted by molar-refractivity contribution is 4.82. The minimum atomic E-state index is -0.0794. The number of nitrogens with two attached hydrogens (primary N) is 1. The van der Waals surface area contributed by atoms with Gasteiger partial charge in [0.05, 0.1) is 24.9 Å². The lowest BCUT2D eigenvalue weighted by Crippen LogP contribution is -2.42. The molecule has 0 aromatic rings. The molecule has 3 nitrogen and oxygen atoms in total. The van der Waals surface area contributed by atoms with Crippen molar-refractivity contribution in [1.29, 1.82) is 0 Å². The first kappa shape index (κ1) is 14.9. The van der Waals surface area contributed by atoms with E-state index in [-0.39, 0.29) is 17.7 Å². The largest absolute Gasteiger partial charge is 0.374 e. The van der Waals surface area contributed by atoms with Gasteiger partial charge in [0, 0.05) is 6.04 Å². The van der Waals surface area contributed by atoms with Crippen molar-refractivity contribution in [2.45, 2.75) is 71.1 Å². The van der Waals surface area contributed by atoms with Gasteiger partial charge < -0.3 is 15.2 Å². The molecule has 1 fully saturated rings. The van der Waals surface area contributed by atoms with Crippen LogP contribution in [0.5, 0.6) is 0 Å². The molecule has 0 aromatic carbocycles. The van der Waals surface area contributed by atoms with Gasteiger partial charge >= 0.3 is 0 Å². The van der Waals surface area contributed by atoms with Gasteiger partial charge in [-0.25, -0.2) is 0 Å². The smallest absolute Gasteiger partial charge is 0.0729 e. The number of rotatable bonds is 5. The summed E-state index contributed by atoms with van der Waals surface area (Å²) in [5, 5.41) is 0. The Morgan fingerprint density at radius 2 is 1.88 bits per heavy atom. The maximum Gasteiger partial charge on any atom is 0.0729 e. The summed E-state index contributed by atoms with van der Waals surface area (Å²) >= 11 is 0. The summed E-state index contributed by atoms with van der Waals surface area (Å²) in [4.78, 5) is 0. The van der Waals surface area contributed by atoms with Crippen LogP contribution >= 0.6 is 0 Å². The van der Waals surface area contributed by atoms with Crippen LogP contribution in [0.1, 0.15) is 53.4 Å². The molecule has 1 aliphatic carbocycles. The Balaban J connectivity index is 2.20. The van der Waals surface area contributed by atoms with Crippen LogP contribution in [0, 0.1) is 5.92 Å². The standard InChI is InChI=1S/C14H29NO2/c1-5-11-6-7-12(15)13(10-11)16-8-9-17-14(2,3)4/h11-13H,5-10,15H2,1-4H3. The van der Waals surface area contributed by atoms with Crippen LogP contribution in [0.3, 0.4) is 0 Å². The zero-order valence-corrected chi connectivity index (χ0v) is 11.9. The Hall–Kier alpha value is -0.120. The third kappa shape index (κ3) is 5.84. The average Bonchev–Trinajstić information content (AvgIpc) is 2.25. The first-order valence-corrected chi connectivity index (χ1v) is 6.93. The van der Waals surface area contributed by atoms with Gasteiger partial charge in [0.25, 0.3) is 0 Å². The minimum absolute atomic E-state index is 0.0794. The zero-order valence-electron chi connectivity index (χ0n) is 11.9. The molecule has 0 amide bonds. The van der Waals surface area contributed by atoms with E-state index in [0.717, 1.165) is 18.8 Å². The van der Waals surface area contributed by atoms with Gasteiger partial charge in [-0.2, -0.15) is 0 Å². The second-order valence-electron chi connectivity index (χ2n) is 6.12. The lowest BCUT2D eigenvalue weighted by atomic mass is 9.83. The van der Waals surface area contributed by atoms with Gasteiger partial charge in [-0.15, -0.1) is 0 Å². The van der Waals surface area contributed by atoms with Crippen LogP contribution in [0.2, 0.25) is 0 Å². The van der Waals surface area contributed by atoms with E-state index in [2.05, 4.69) is 27.7 Å². The first-order valence-electron chi connectivity index (χ1n) is 6.93. The van der Waals surface area contributed by atoms with E-state index >= 15 is 0 Å². The Labute approximate surface area is 106 Å². The highest BCUT2D eigenvalue weighted by Gasteiger charge is 2.27. The summed E-state index contributed by atoms with van der Waals surface area (Å²) in [6.07, 6.45) is 4.95. The maximum atomic E-state index is 6.10. The van der Waals surface area contributed by atoms with E-state index in [0.29, 0.717) is 13.2 Å². The van der Waals surface area contributed by atoms with Crippen molar-refractivity contribution in [2.75, 3.05) is 13.2 Å². The molecule has 3 heteroatoms. The van der Waals surface area contributed by atoms with Crippen LogP contribution in [0.25, 0.3) is 0 Å². The predicted octanol–water partition coefficient (Wildman–Crippen LogP) is 2.72. The summed E-state index contributed by atoms with van der Waals surface area (Å²) in [6.45, 7) is 9.75. The highest BCUT2D eigenvalue weighted by Crippen LogP contribution is 2.27. The fraction of sp³-hybridized carbons (Fsp3) is 1.00. The molecule has 0 saturated heterocycles. The van der Waals surface area contributed by atoms with Crippen molar-refractivity contribution in [1.82, 2.24) is 0 Å². The Bertz CT molecular complexity index is 213. The number of hydrogen-bond acceptors (Lipinski definition) is 3. The summed E-state index contributed by atoms with van der Waals surface area (Å²) in [6, 6.07) is 0.215. The molecule has 0 heterocycles. The SMILES string of the molecule is CCC1CCC(N)C(OCCOC(C)(C)C)C1. The van der Waals surface area contributed by atoms with Crippen molar-refractivity contribution in [3.63, 3.8) is 0 Å². The van der Waals surface area contributed by atoms with Crippen molar-refractivity contribution >= 4 is 0 Å². The quantitative estimate of drug-likeness (QED) is 0.755. The zero-order chi connectivity index (χ0) is 12.9. The molecular formula is C14H29NO2. The minimum Gasteiger partial charge on any atom is -0.374 e. The lowest BCUT2D eigenvalue weighted by molar-refractivity contribution is -0.0664. The van der Waals surface area contributed by atoms with Gasteiger partial charge in [-0.1, -0.05) is 13.3 Å². The summed E-state index contributed by atoms with van der Waals surface area (Å²) < 4.78 is 11.5. The molecule has 1 rings (SSSR count). The molecular weight excluding hydrogens is 214 g/mol. The van der Waals surface area contributed by atoms with Gasteiger partial charge in [0.15, 0.2) is 0 Å². The fourth-order valence-corrected chi connectivity index (χ4v) is 2.34. The predicted molar refractivity (Wildman–Crippen MR) is 71.1 cm³/mol. The topological polar surface area (TPSA) is 44.5 Å². The average molecular weight is 243 g/mol. The molecule has 2 N–H and O–H groups in total. The maximum absolute atomic E-state index is 6.10.